The molecule has 1 aromatic rings. The van der Waals surface area contributed by atoms with Gasteiger partial charge in [-0.25, -0.2) is 0 Å². The lowest BCUT2D eigenvalue weighted by atomic mass is 10.2. The van der Waals surface area contributed by atoms with E-state index >= 15 is 0 Å². The SMILES string of the molecule is C[C@@H](NCc1ccc(OC(F)(F)F)cc1)C(=O)O. The van der Waals surface area contributed by atoms with Crippen LogP contribution in [0.15, 0.2) is 24.3 Å². The van der Waals surface area contributed by atoms with Gasteiger partial charge in [-0.3, -0.25) is 4.79 Å². The highest BCUT2D eigenvalue weighted by molar-refractivity contribution is 5.72. The number of nitrogens with one attached hydrogen (secondary N) is 1. The number of hydrogen-bond donors (Lipinski definition) is 2. The Balaban J connectivity index is 2.53. The Morgan fingerprint density at radius 2 is 1.94 bits per heavy atom. The molecular formula is C11H12F3NO3. The average molecular weight is 263 g/mol. The summed E-state index contributed by atoms with van der Waals surface area (Å²) >= 11 is 0. The number of ether oxygens (including phenoxy) is 1. The molecular weight excluding hydrogens is 251 g/mol. The molecule has 0 saturated heterocycles. The third-order valence-electron chi connectivity index (χ3n) is 2.14. The van der Waals surface area contributed by atoms with Crippen LogP contribution >= 0.6 is 0 Å². The normalized spacial score (nSPS) is 13.1. The molecule has 0 amide bonds. The van der Waals surface area contributed by atoms with Gasteiger partial charge in [-0.1, -0.05) is 12.1 Å². The van der Waals surface area contributed by atoms with Gasteiger partial charge in [0.05, 0.1) is 0 Å². The van der Waals surface area contributed by atoms with Crippen molar-refractivity contribution in [3.8, 4) is 5.75 Å². The number of benzene rings is 1. The van der Waals surface area contributed by atoms with E-state index in [1.54, 1.807) is 0 Å². The van der Waals surface area contributed by atoms with Gasteiger partial charge in [0.25, 0.3) is 0 Å². The van der Waals surface area contributed by atoms with E-state index in [9.17, 15) is 18.0 Å². The van der Waals surface area contributed by atoms with Crippen molar-refractivity contribution in [2.45, 2.75) is 25.9 Å². The zero-order valence-corrected chi connectivity index (χ0v) is 9.49. The largest absolute Gasteiger partial charge is 0.573 e. The summed E-state index contributed by atoms with van der Waals surface area (Å²) in [5.74, 6) is -1.30. The first-order chi connectivity index (χ1) is 8.28. The first-order valence-electron chi connectivity index (χ1n) is 5.09. The topological polar surface area (TPSA) is 58.6 Å². The second-order valence-electron chi connectivity index (χ2n) is 3.63. The van der Waals surface area contributed by atoms with Crippen LogP contribution in [-0.4, -0.2) is 23.5 Å². The molecule has 2 N–H and O–H groups in total. The second-order valence-corrected chi connectivity index (χ2v) is 3.63. The molecule has 0 aliphatic carbocycles. The van der Waals surface area contributed by atoms with E-state index < -0.39 is 18.4 Å². The maximum absolute atomic E-state index is 11.9. The molecule has 0 aliphatic rings. The number of carbonyl (C=O) groups is 1. The Hall–Kier alpha value is -1.76. The Labute approximate surface area is 101 Å². The standard InChI is InChI=1S/C11H12F3NO3/c1-7(10(16)17)15-6-8-2-4-9(5-3-8)18-11(12,13)14/h2-5,7,15H,6H2,1H3,(H,16,17)/t7-/m1/s1. The molecule has 100 valence electrons. The third-order valence-corrected chi connectivity index (χ3v) is 2.14. The van der Waals surface area contributed by atoms with E-state index in [1.807, 2.05) is 0 Å². The van der Waals surface area contributed by atoms with Crippen molar-refractivity contribution < 1.29 is 27.8 Å². The predicted octanol–water partition coefficient (Wildman–Crippen LogP) is 2.15. The monoisotopic (exact) mass is 263 g/mol. The lowest BCUT2D eigenvalue weighted by Gasteiger charge is -2.11. The highest BCUT2D eigenvalue weighted by Gasteiger charge is 2.30. The summed E-state index contributed by atoms with van der Waals surface area (Å²) in [6.07, 6.45) is -4.71. The van der Waals surface area contributed by atoms with Crippen molar-refractivity contribution in [2.24, 2.45) is 0 Å². The summed E-state index contributed by atoms with van der Waals surface area (Å²) < 4.78 is 39.4. The number of carboxylic acids is 1. The number of hydrogen-bond acceptors (Lipinski definition) is 3. The van der Waals surface area contributed by atoms with Crippen LogP contribution < -0.4 is 10.1 Å². The van der Waals surface area contributed by atoms with Crippen molar-refractivity contribution >= 4 is 5.97 Å². The van der Waals surface area contributed by atoms with Crippen LogP contribution in [0, 0.1) is 0 Å². The fourth-order valence-corrected chi connectivity index (χ4v) is 1.17. The Bertz CT molecular complexity index is 403. The minimum Gasteiger partial charge on any atom is -0.480 e. The summed E-state index contributed by atoms with van der Waals surface area (Å²) in [6.45, 7) is 1.73. The molecule has 18 heavy (non-hydrogen) atoms. The van der Waals surface area contributed by atoms with E-state index in [4.69, 9.17) is 5.11 Å². The number of rotatable bonds is 5. The Morgan fingerprint density at radius 1 is 1.39 bits per heavy atom. The highest BCUT2D eigenvalue weighted by atomic mass is 19.4. The van der Waals surface area contributed by atoms with Crippen molar-refractivity contribution in [3.05, 3.63) is 29.8 Å². The smallest absolute Gasteiger partial charge is 0.480 e. The molecule has 0 heterocycles. The van der Waals surface area contributed by atoms with Crippen LogP contribution in [0.2, 0.25) is 0 Å². The summed E-state index contributed by atoms with van der Waals surface area (Å²) in [5.41, 5.74) is 0.664. The van der Waals surface area contributed by atoms with E-state index in [2.05, 4.69) is 10.1 Å². The summed E-state index contributed by atoms with van der Waals surface area (Å²) in [7, 11) is 0. The molecule has 0 unspecified atom stereocenters. The molecule has 0 spiro atoms. The molecule has 7 heteroatoms. The first-order valence-corrected chi connectivity index (χ1v) is 5.09. The quantitative estimate of drug-likeness (QED) is 0.854. The van der Waals surface area contributed by atoms with E-state index in [-0.39, 0.29) is 12.3 Å². The summed E-state index contributed by atoms with van der Waals surface area (Å²) in [6, 6.07) is 4.49. The molecule has 4 nitrogen and oxygen atoms in total. The lowest BCUT2D eigenvalue weighted by molar-refractivity contribution is -0.274. The van der Waals surface area contributed by atoms with Gasteiger partial charge in [0.15, 0.2) is 0 Å². The van der Waals surface area contributed by atoms with E-state index in [0.29, 0.717) is 5.56 Å². The zero-order valence-electron chi connectivity index (χ0n) is 9.49. The van der Waals surface area contributed by atoms with Crippen LogP contribution in [0.4, 0.5) is 13.2 Å². The fraction of sp³-hybridized carbons (Fsp3) is 0.364. The van der Waals surface area contributed by atoms with Gasteiger partial charge in [0, 0.05) is 6.54 Å². The van der Waals surface area contributed by atoms with Gasteiger partial charge in [0.1, 0.15) is 11.8 Å². The predicted molar refractivity (Wildman–Crippen MR) is 57.1 cm³/mol. The van der Waals surface area contributed by atoms with Crippen LogP contribution in [-0.2, 0) is 11.3 Å². The van der Waals surface area contributed by atoms with Crippen LogP contribution in [0.5, 0.6) is 5.75 Å². The van der Waals surface area contributed by atoms with E-state index in [1.165, 1.54) is 31.2 Å². The number of alkyl halides is 3. The van der Waals surface area contributed by atoms with Crippen molar-refractivity contribution in [3.63, 3.8) is 0 Å². The Kier molecular flexibility index (Phi) is 4.55. The Morgan fingerprint density at radius 3 is 2.39 bits per heavy atom. The first kappa shape index (κ1) is 14.3. The molecule has 1 atom stereocenters. The molecule has 0 bridgehead atoms. The molecule has 0 aromatic heterocycles. The average Bonchev–Trinajstić information content (AvgIpc) is 2.25. The third kappa shape index (κ3) is 5.05. The van der Waals surface area contributed by atoms with Crippen LogP contribution in [0.3, 0.4) is 0 Å². The maximum atomic E-state index is 11.9. The molecule has 1 rings (SSSR count). The zero-order chi connectivity index (χ0) is 13.8. The van der Waals surface area contributed by atoms with Crippen molar-refractivity contribution in [2.75, 3.05) is 0 Å². The van der Waals surface area contributed by atoms with Crippen LogP contribution in [0.1, 0.15) is 12.5 Å². The van der Waals surface area contributed by atoms with Gasteiger partial charge in [-0.2, -0.15) is 0 Å². The molecule has 0 fully saturated rings. The molecule has 1 aromatic carbocycles. The van der Waals surface area contributed by atoms with Gasteiger partial charge in [-0.15, -0.1) is 13.2 Å². The van der Waals surface area contributed by atoms with Crippen molar-refractivity contribution in [1.82, 2.24) is 5.32 Å². The molecule has 0 aliphatic heterocycles. The molecule has 0 radical (unpaired) electrons. The second kappa shape index (κ2) is 5.72. The van der Waals surface area contributed by atoms with Crippen molar-refractivity contribution in [1.29, 1.82) is 0 Å². The number of carboxylic acid groups (broad SMARTS) is 1. The maximum Gasteiger partial charge on any atom is 0.573 e. The minimum absolute atomic E-state index is 0.250. The fourth-order valence-electron chi connectivity index (χ4n) is 1.17. The van der Waals surface area contributed by atoms with Gasteiger partial charge >= 0.3 is 12.3 Å². The number of aliphatic carboxylic acids is 1. The lowest BCUT2D eigenvalue weighted by Crippen LogP contribution is -2.33. The summed E-state index contributed by atoms with van der Waals surface area (Å²) in [5, 5.41) is 11.3. The molecule has 0 saturated carbocycles. The van der Waals surface area contributed by atoms with E-state index in [0.717, 1.165) is 0 Å². The van der Waals surface area contributed by atoms with Gasteiger partial charge in [0.2, 0.25) is 0 Å². The highest BCUT2D eigenvalue weighted by Crippen LogP contribution is 2.22. The summed E-state index contributed by atoms with van der Waals surface area (Å²) in [4.78, 5) is 10.5. The van der Waals surface area contributed by atoms with Gasteiger partial charge in [-0.05, 0) is 24.6 Å². The minimum atomic E-state index is -4.71. The number of halogens is 3. The van der Waals surface area contributed by atoms with Gasteiger partial charge < -0.3 is 15.2 Å². The van der Waals surface area contributed by atoms with Crippen LogP contribution in [0.25, 0.3) is 0 Å².